The first-order chi connectivity index (χ1) is 14.6. The average molecular weight is 426 g/mol. The number of piperidine rings is 1. The number of likely N-dealkylation sites (tertiary alicyclic amines) is 2. The maximum atomic E-state index is 13.1. The lowest BCUT2D eigenvalue weighted by atomic mass is 9.81. The fourth-order valence-corrected chi connectivity index (χ4v) is 5.86. The first-order valence-electron chi connectivity index (χ1n) is 10.7. The van der Waals surface area contributed by atoms with Crippen LogP contribution in [0, 0.1) is 18.8 Å². The monoisotopic (exact) mass is 425 g/mol. The van der Waals surface area contributed by atoms with Crippen molar-refractivity contribution in [1.82, 2.24) is 14.8 Å². The van der Waals surface area contributed by atoms with Crippen molar-refractivity contribution in [1.29, 1.82) is 0 Å². The average Bonchev–Trinajstić information content (AvgIpc) is 3.44. The van der Waals surface area contributed by atoms with Crippen molar-refractivity contribution in [3.63, 3.8) is 0 Å². The maximum Gasteiger partial charge on any atom is 0.265 e. The third-order valence-electron chi connectivity index (χ3n) is 6.91. The highest BCUT2D eigenvalue weighted by atomic mass is 32.1. The largest absolute Gasteiger partial charge is 0.497 e. The van der Waals surface area contributed by atoms with Crippen molar-refractivity contribution >= 4 is 23.2 Å². The van der Waals surface area contributed by atoms with Gasteiger partial charge in [-0.2, -0.15) is 0 Å². The summed E-state index contributed by atoms with van der Waals surface area (Å²) >= 11 is 1.41. The molecule has 0 N–H and O–H groups in total. The molecule has 2 saturated heterocycles. The Kier molecular flexibility index (Phi) is 5.01. The fourth-order valence-electron chi connectivity index (χ4n) is 5.09. The quantitative estimate of drug-likeness (QED) is 0.754. The lowest BCUT2D eigenvalue weighted by Gasteiger charge is -2.39. The number of carbonyl (C=O) groups excluding carboxylic acids is 2. The van der Waals surface area contributed by atoms with Crippen molar-refractivity contribution in [2.45, 2.75) is 38.1 Å². The molecule has 5 rings (SSSR count). The topological polar surface area (TPSA) is 62.7 Å². The highest BCUT2D eigenvalue weighted by Gasteiger charge is 2.50. The molecular formula is C23H27N3O3S. The number of hydrogen-bond acceptors (Lipinski definition) is 5. The minimum atomic E-state index is 0.0777. The zero-order chi connectivity index (χ0) is 20.8. The summed E-state index contributed by atoms with van der Waals surface area (Å²) in [6.07, 6.45) is 2.89. The van der Waals surface area contributed by atoms with E-state index in [2.05, 4.69) is 22.0 Å². The van der Waals surface area contributed by atoms with E-state index in [4.69, 9.17) is 4.74 Å². The molecule has 2 aliphatic heterocycles. The van der Waals surface area contributed by atoms with Crippen LogP contribution in [-0.2, 0) is 4.79 Å². The van der Waals surface area contributed by atoms with Crippen LogP contribution in [0.3, 0.4) is 0 Å². The number of aromatic nitrogens is 1. The zero-order valence-electron chi connectivity index (χ0n) is 17.4. The Bertz CT molecular complexity index is 953. The van der Waals surface area contributed by atoms with Gasteiger partial charge in [0.15, 0.2) is 0 Å². The van der Waals surface area contributed by atoms with Crippen molar-refractivity contribution in [2.24, 2.45) is 11.8 Å². The molecule has 30 heavy (non-hydrogen) atoms. The second-order valence-corrected chi connectivity index (χ2v) is 9.54. The van der Waals surface area contributed by atoms with Gasteiger partial charge in [-0.3, -0.25) is 9.59 Å². The summed E-state index contributed by atoms with van der Waals surface area (Å²) in [6.45, 7) is 4.02. The van der Waals surface area contributed by atoms with Gasteiger partial charge in [-0.1, -0.05) is 12.1 Å². The Hall–Kier alpha value is -2.41. The van der Waals surface area contributed by atoms with Crippen LogP contribution in [-0.4, -0.2) is 59.4 Å². The van der Waals surface area contributed by atoms with Crippen LogP contribution in [0.25, 0.3) is 0 Å². The summed E-state index contributed by atoms with van der Waals surface area (Å²) in [5.41, 5.74) is 3.76. The van der Waals surface area contributed by atoms with Crippen LogP contribution in [0.2, 0.25) is 0 Å². The van der Waals surface area contributed by atoms with Crippen LogP contribution in [0.1, 0.15) is 46.1 Å². The summed E-state index contributed by atoms with van der Waals surface area (Å²) in [5, 5.41) is 0. The van der Waals surface area contributed by atoms with Crippen LogP contribution < -0.4 is 4.74 Å². The van der Waals surface area contributed by atoms with Gasteiger partial charge in [-0.05, 0) is 43.9 Å². The van der Waals surface area contributed by atoms with E-state index in [1.807, 2.05) is 24.0 Å². The van der Waals surface area contributed by atoms with Crippen LogP contribution in [0.4, 0.5) is 0 Å². The van der Waals surface area contributed by atoms with Crippen molar-refractivity contribution in [2.75, 3.05) is 26.7 Å². The molecule has 0 radical (unpaired) electrons. The molecule has 158 valence electrons. The Morgan fingerprint density at radius 3 is 2.53 bits per heavy atom. The van der Waals surface area contributed by atoms with Crippen LogP contribution in [0.5, 0.6) is 5.75 Å². The number of methoxy groups -OCH3 is 1. The maximum absolute atomic E-state index is 13.1. The third kappa shape index (κ3) is 3.39. The summed E-state index contributed by atoms with van der Waals surface area (Å²) in [6, 6.07) is 8.42. The van der Waals surface area contributed by atoms with Gasteiger partial charge in [0.2, 0.25) is 5.91 Å². The molecule has 2 aromatic rings. The number of benzene rings is 1. The number of thiazole rings is 1. The minimum Gasteiger partial charge on any atom is -0.497 e. The lowest BCUT2D eigenvalue weighted by Crippen LogP contribution is -2.50. The minimum absolute atomic E-state index is 0.0777. The third-order valence-corrected chi connectivity index (χ3v) is 7.83. The number of hydrogen-bond donors (Lipinski definition) is 0. The molecular weight excluding hydrogens is 398 g/mol. The molecule has 1 saturated carbocycles. The van der Waals surface area contributed by atoms with E-state index < -0.39 is 0 Å². The number of carbonyl (C=O) groups is 2. The smallest absolute Gasteiger partial charge is 0.265 e. The first-order valence-corrected chi connectivity index (χ1v) is 11.6. The predicted molar refractivity (Wildman–Crippen MR) is 115 cm³/mol. The number of aryl methyl sites for hydroxylation is 1. The van der Waals surface area contributed by atoms with Crippen molar-refractivity contribution in [3.8, 4) is 5.75 Å². The molecule has 0 spiro atoms. The molecule has 1 aromatic carbocycles. The number of nitrogens with zero attached hydrogens (tertiary/aromatic N) is 3. The van der Waals surface area contributed by atoms with E-state index >= 15 is 0 Å². The Balaban J connectivity index is 1.42. The molecule has 7 heteroatoms. The van der Waals surface area contributed by atoms with E-state index in [0.29, 0.717) is 19.0 Å². The highest BCUT2D eigenvalue weighted by molar-refractivity contribution is 7.11. The van der Waals surface area contributed by atoms with Crippen LogP contribution >= 0.6 is 11.3 Å². The molecule has 1 aliphatic carbocycles. The van der Waals surface area contributed by atoms with Gasteiger partial charge in [0.05, 0.1) is 18.3 Å². The predicted octanol–water partition coefficient (Wildman–Crippen LogP) is 3.33. The summed E-state index contributed by atoms with van der Waals surface area (Å²) < 4.78 is 5.32. The van der Waals surface area contributed by atoms with E-state index in [0.717, 1.165) is 42.1 Å². The Labute approximate surface area is 180 Å². The Morgan fingerprint density at radius 1 is 1.13 bits per heavy atom. The second-order valence-electron chi connectivity index (χ2n) is 8.68. The number of rotatable bonds is 4. The lowest BCUT2D eigenvalue weighted by molar-refractivity contribution is -0.134. The Morgan fingerprint density at radius 2 is 1.90 bits per heavy atom. The molecule has 0 bridgehead atoms. The standard InChI is InChI=1S/C23H27N3O3S/c1-14-21(30-13-24-14)23(28)25-10-9-20-19(11-25)18(12-26(20)22(27)16-3-4-16)15-5-7-17(29-2)8-6-15/h5-8,13,16,18-20H,3-4,9-12H2,1-2H3/t18-,19-,20-/m0/s1. The number of amides is 2. The van der Waals surface area contributed by atoms with Gasteiger partial charge in [0.1, 0.15) is 10.6 Å². The molecule has 3 aliphatic rings. The van der Waals surface area contributed by atoms with Gasteiger partial charge in [-0.25, -0.2) is 4.98 Å². The van der Waals surface area contributed by atoms with Crippen molar-refractivity contribution in [3.05, 3.63) is 45.9 Å². The summed E-state index contributed by atoms with van der Waals surface area (Å²) in [4.78, 5) is 35.2. The molecule has 0 unspecified atom stereocenters. The van der Waals surface area contributed by atoms with E-state index in [1.165, 1.54) is 16.9 Å². The molecule has 6 nitrogen and oxygen atoms in total. The molecule has 1 aromatic heterocycles. The molecule has 3 atom stereocenters. The van der Waals surface area contributed by atoms with Crippen molar-refractivity contribution < 1.29 is 14.3 Å². The molecule has 3 fully saturated rings. The van der Waals surface area contributed by atoms with Crippen LogP contribution in [0.15, 0.2) is 29.8 Å². The molecule has 3 heterocycles. The second kappa shape index (κ2) is 7.69. The van der Waals surface area contributed by atoms with E-state index in [9.17, 15) is 9.59 Å². The number of ether oxygens (including phenoxy) is 1. The summed E-state index contributed by atoms with van der Waals surface area (Å²) in [7, 11) is 1.67. The normalized spacial score (nSPS) is 25.9. The van der Waals surface area contributed by atoms with E-state index in [1.54, 1.807) is 12.6 Å². The van der Waals surface area contributed by atoms with Gasteiger partial charge in [0, 0.05) is 43.4 Å². The van der Waals surface area contributed by atoms with Gasteiger partial charge >= 0.3 is 0 Å². The molecule has 2 amide bonds. The van der Waals surface area contributed by atoms with E-state index in [-0.39, 0.29) is 29.7 Å². The van der Waals surface area contributed by atoms with Gasteiger partial charge in [-0.15, -0.1) is 11.3 Å². The highest BCUT2D eigenvalue weighted by Crippen LogP contribution is 2.44. The van der Waals surface area contributed by atoms with Gasteiger partial charge in [0.25, 0.3) is 5.91 Å². The number of fused-ring (bicyclic) bond motifs is 1. The SMILES string of the molecule is COc1ccc([C@@H]2CN(C(=O)C3CC3)[C@H]3CCN(C(=O)c4scnc4C)C[C@@H]23)cc1. The summed E-state index contributed by atoms with van der Waals surface area (Å²) in [5.74, 6) is 1.95. The first kappa shape index (κ1) is 19.5. The van der Waals surface area contributed by atoms with Gasteiger partial charge < -0.3 is 14.5 Å². The fraction of sp³-hybridized carbons (Fsp3) is 0.522. The zero-order valence-corrected chi connectivity index (χ0v) is 18.2.